The van der Waals surface area contributed by atoms with Crippen LogP contribution in [0.3, 0.4) is 0 Å². The highest BCUT2D eigenvalue weighted by molar-refractivity contribution is 8.01. The number of esters is 1. The number of aromatic nitrogens is 2. The van der Waals surface area contributed by atoms with Crippen molar-refractivity contribution < 1.29 is 17.9 Å². The Morgan fingerprint density at radius 2 is 2.21 bits per heavy atom. The maximum absolute atomic E-state index is 12.6. The van der Waals surface area contributed by atoms with Crippen LogP contribution in [0.4, 0.5) is 5.13 Å². The molecule has 0 atom stereocenters. The van der Waals surface area contributed by atoms with Gasteiger partial charge in [-0.1, -0.05) is 35.2 Å². The maximum atomic E-state index is 12.6. The topological polar surface area (TPSA) is 98.3 Å². The number of sulfonamides is 1. The molecule has 0 saturated carbocycles. The smallest absolute Gasteiger partial charge is 0.337 e. The minimum absolute atomic E-state index is 0.0131. The Balaban J connectivity index is 2.28. The monoisotopic (exact) mass is 385 g/mol. The van der Waals surface area contributed by atoms with Gasteiger partial charge < -0.3 is 4.74 Å². The van der Waals surface area contributed by atoms with E-state index in [1.807, 2.05) is 0 Å². The first-order valence-corrected chi connectivity index (χ1v) is 9.95. The highest BCUT2D eigenvalue weighted by Gasteiger charge is 2.21. The number of aryl methyl sites for hydroxylation is 1. The number of carbonyl (C=O) groups is 1. The van der Waals surface area contributed by atoms with Gasteiger partial charge in [-0.15, -0.1) is 16.8 Å². The molecule has 1 aromatic heterocycles. The highest BCUT2D eigenvalue weighted by Crippen LogP contribution is 2.28. The summed E-state index contributed by atoms with van der Waals surface area (Å²) in [4.78, 5) is 11.6. The van der Waals surface area contributed by atoms with Crippen LogP contribution in [0.25, 0.3) is 0 Å². The predicted octanol–water partition coefficient (Wildman–Crippen LogP) is 2.71. The SMILES string of the molecule is C=CCSc1nnc(NS(=O)(=O)c2cc(C(=O)OC)ccc2C)s1. The second-order valence-corrected chi connectivity index (χ2v) is 8.45. The zero-order valence-corrected chi connectivity index (χ0v) is 15.4. The van der Waals surface area contributed by atoms with E-state index in [1.54, 1.807) is 19.1 Å². The fraction of sp³-hybridized carbons (Fsp3) is 0.214. The number of anilines is 1. The quantitative estimate of drug-likeness (QED) is 0.444. The van der Waals surface area contributed by atoms with Gasteiger partial charge in [0.25, 0.3) is 10.0 Å². The summed E-state index contributed by atoms with van der Waals surface area (Å²) in [6, 6.07) is 4.33. The number of hydrogen-bond donors (Lipinski definition) is 1. The molecule has 128 valence electrons. The molecular formula is C14H15N3O4S3. The molecule has 0 spiro atoms. The Hall–Kier alpha value is -1.91. The third-order valence-electron chi connectivity index (χ3n) is 2.85. The number of nitrogens with one attached hydrogen (secondary N) is 1. The molecule has 1 aromatic carbocycles. The average molecular weight is 385 g/mol. The van der Waals surface area contributed by atoms with E-state index >= 15 is 0 Å². The first kappa shape index (κ1) is 18.4. The van der Waals surface area contributed by atoms with Crippen molar-refractivity contribution in [2.45, 2.75) is 16.2 Å². The summed E-state index contributed by atoms with van der Waals surface area (Å²) >= 11 is 2.53. The molecule has 7 nitrogen and oxygen atoms in total. The van der Waals surface area contributed by atoms with Gasteiger partial charge in [-0.05, 0) is 24.6 Å². The van der Waals surface area contributed by atoms with E-state index in [9.17, 15) is 13.2 Å². The lowest BCUT2D eigenvalue weighted by Gasteiger charge is -2.09. The molecule has 24 heavy (non-hydrogen) atoms. The number of hydrogen-bond acceptors (Lipinski definition) is 8. The van der Waals surface area contributed by atoms with E-state index in [4.69, 9.17) is 0 Å². The number of rotatable bonds is 7. The summed E-state index contributed by atoms with van der Waals surface area (Å²) in [6.45, 7) is 5.25. The Bertz CT molecular complexity index is 862. The lowest BCUT2D eigenvalue weighted by molar-refractivity contribution is 0.0600. The second kappa shape index (κ2) is 7.77. The standard InChI is InChI=1S/C14H15N3O4S3/c1-4-7-22-14-16-15-13(23-14)17-24(19,20)11-8-10(12(18)21-3)6-5-9(11)2/h4-6,8H,1,7H2,2-3H3,(H,15,17). The molecule has 1 heterocycles. The van der Waals surface area contributed by atoms with Crippen molar-refractivity contribution in [1.29, 1.82) is 0 Å². The molecule has 0 aliphatic rings. The third kappa shape index (κ3) is 4.34. The van der Waals surface area contributed by atoms with Crippen molar-refractivity contribution in [2.24, 2.45) is 0 Å². The number of methoxy groups -OCH3 is 1. The summed E-state index contributed by atoms with van der Waals surface area (Å²) in [6.07, 6.45) is 1.72. The predicted molar refractivity (Wildman–Crippen MR) is 94.2 cm³/mol. The zero-order chi connectivity index (χ0) is 17.7. The molecule has 0 bridgehead atoms. The summed E-state index contributed by atoms with van der Waals surface area (Å²) in [5.41, 5.74) is 0.656. The first-order valence-electron chi connectivity index (χ1n) is 6.66. The van der Waals surface area contributed by atoms with Crippen LogP contribution in [0, 0.1) is 6.92 Å². The molecule has 0 saturated heterocycles. The molecule has 0 radical (unpaired) electrons. The van der Waals surface area contributed by atoms with E-state index in [-0.39, 0.29) is 15.6 Å². The Labute approximate surface area is 148 Å². The van der Waals surface area contributed by atoms with Crippen LogP contribution in [-0.2, 0) is 14.8 Å². The molecule has 2 rings (SSSR count). The van der Waals surface area contributed by atoms with Crippen LogP contribution in [0.2, 0.25) is 0 Å². The minimum atomic E-state index is -3.89. The fourth-order valence-electron chi connectivity index (χ4n) is 1.74. The van der Waals surface area contributed by atoms with E-state index in [0.717, 1.165) is 11.3 Å². The maximum Gasteiger partial charge on any atom is 0.337 e. The van der Waals surface area contributed by atoms with Crippen molar-refractivity contribution in [3.05, 3.63) is 42.0 Å². The molecule has 0 fully saturated rings. The first-order chi connectivity index (χ1) is 11.4. The van der Waals surface area contributed by atoms with Gasteiger partial charge in [0, 0.05) is 5.75 Å². The van der Waals surface area contributed by atoms with Crippen LogP contribution < -0.4 is 4.72 Å². The summed E-state index contributed by atoms with van der Waals surface area (Å²) < 4.78 is 32.8. The van der Waals surface area contributed by atoms with E-state index in [2.05, 4.69) is 26.2 Å². The van der Waals surface area contributed by atoms with Crippen LogP contribution >= 0.6 is 23.1 Å². The highest BCUT2D eigenvalue weighted by atomic mass is 32.2. The van der Waals surface area contributed by atoms with E-state index in [0.29, 0.717) is 15.7 Å². The van der Waals surface area contributed by atoms with E-state index < -0.39 is 16.0 Å². The molecule has 1 N–H and O–H groups in total. The molecule has 0 unspecified atom stereocenters. The number of ether oxygens (including phenoxy) is 1. The summed E-state index contributed by atoms with van der Waals surface area (Å²) in [5.74, 6) is 0.0484. The Morgan fingerprint density at radius 1 is 1.46 bits per heavy atom. The number of nitrogens with zero attached hydrogens (tertiary/aromatic N) is 2. The lowest BCUT2D eigenvalue weighted by Crippen LogP contribution is -2.15. The van der Waals surface area contributed by atoms with Crippen molar-refractivity contribution in [2.75, 3.05) is 17.6 Å². The van der Waals surface area contributed by atoms with Crippen LogP contribution in [0.15, 0.2) is 40.1 Å². The van der Waals surface area contributed by atoms with Gasteiger partial charge in [-0.2, -0.15) is 0 Å². The van der Waals surface area contributed by atoms with Gasteiger partial charge in [0.2, 0.25) is 5.13 Å². The Kier molecular flexibility index (Phi) is 5.97. The molecular weight excluding hydrogens is 370 g/mol. The second-order valence-electron chi connectivity index (χ2n) is 4.55. The van der Waals surface area contributed by atoms with Gasteiger partial charge in [-0.25, -0.2) is 13.2 Å². The van der Waals surface area contributed by atoms with Crippen LogP contribution in [0.1, 0.15) is 15.9 Å². The number of benzene rings is 1. The number of carbonyl (C=O) groups excluding carboxylic acids is 1. The zero-order valence-electron chi connectivity index (χ0n) is 13.0. The van der Waals surface area contributed by atoms with Crippen molar-refractivity contribution in [3.63, 3.8) is 0 Å². The largest absolute Gasteiger partial charge is 0.465 e. The van der Waals surface area contributed by atoms with Crippen molar-refractivity contribution >= 4 is 44.2 Å². The summed E-state index contributed by atoms with van der Waals surface area (Å²) in [7, 11) is -2.66. The number of thioether (sulfide) groups is 1. The lowest BCUT2D eigenvalue weighted by atomic mass is 10.1. The molecule has 10 heteroatoms. The average Bonchev–Trinajstić information content (AvgIpc) is 2.99. The van der Waals surface area contributed by atoms with Gasteiger partial charge >= 0.3 is 5.97 Å². The molecule has 0 aliphatic carbocycles. The normalized spacial score (nSPS) is 11.1. The van der Waals surface area contributed by atoms with Gasteiger partial charge in [0.05, 0.1) is 17.6 Å². The van der Waals surface area contributed by atoms with Crippen LogP contribution in [-0.4, -0.2) is 37.4 Å². The fourth-order valence-corrected chi connectivity index (χ4v) is 4.76. The van der Waals surface area contributed by atoms with Gasteiger partial charge in [-0.3, -0.25) is 4.72 Å². The van der Waals surface area contributed by atoms with Gasteiger partial charge in [0.15, 0.2) is 4.34 Å². The Morgan fingerprint density at radius 3 is 2.88 bits per heavy atom. The molecule has 0 aliphatic heterocycles. The van der Waals surface area contributed by atoms with Gasteiger partial charge in [0.1, 0.15) is 0 Å². The molecule has 2 aromatic rings. The van der Waals surface area contributed by atoms with Crippen molar-refractivity contribution in [3.8, 4) is 0 Å². The van der Waals surface area contributed by atoms with Crippen LogP contribution in [0.5, 0.6) is 0 Å². The minimum Gasteiger partial charge on any atom is -0.465 e. The van der Waals surface area contributed by atoms with Crippen molar-refractivity contribution in [1.82, 2.24) is 10.2 Å². The van der Waals surface area contributed by atoms with E-state index in [1.165, 1.54) is 31.0 Å². The molecule has 0 amide bonds. The summed E-state index contributed by atoms with van der Waals surface area (Å²) in [5, 5.41) is 7.87. The third-order valence-corrected chi connectivity index (χ3v) is 6.43.